The number of benzene rings is 3. The number of anilines is 1. The van der Waals surface area contributed by atoms with Crippen molar-refractivity contribution in [2.75, 3.05) is 12.3 Å². The van der Waals surface area contributed by atoms with E-state index in [0.29, 0.717) is 30.7 Å². The van der Waals surface area contributed by atoms with Crippen molar-refractivity contribution in [1.82, 2.24) is 14.8 Å². The molecule has 0 aliphatic heterocycles. The third kappa shape index (κ3) is 5.17. The highest BCUT2D eigenvalue weighted by atomic mass is 16.5. The number of hydrogen-bond acceptors (Lipinski definition) is 6. The summed E-state index contributed by atoms with van der Waals surface area (Å²) < 4.78 is 13.6. The number of pyridine rings is 1. The summed E-state index contributed by atoms with van der Waals surface area (Å²) in [6.45, 7) is 3.40. The SMILES string of the molecule is CCOC(=O)Cc1ccccc1OCc1c2cc(-c3ccc4ccnc(N)c4c3)ccc2nn1CC1CCC1. The molecule has 7 heteroatoms. The number of nitrogens with zero attached hydrogens (tertiary/aromatic N) is 3. The van der Waals surface area contributed by atoms with E-state index in [2.05, 4.69) is 46.1 Å². The van der Waals surface area contributed by atoms with Crippen LogP contribution in [0.5, 0.6) is 5.75 Å². The molecule has 7 nitrogen and oxygen atoms in total. The number of nitrogen functional groups attached to an aromatic ring is 1. The van der Waals surface area contributed by atoms with Crippen LogP contribution in [0.2, 0.25) is 0 Å². The first-order chi connectivity index (χ1) is 19.1. The van der Waals surface area contributed by atoms with Crippen LogP contribution in [0.4, 0.5) is 5.82 Å². The topological polar surface area (TPSA) is 92.3 Å². The Bertz CT molecular complexity index is 1650. The molecule has 1 fully saturated rings. The van der Waals surface area contributed by atoms with E-state index >= 15 is 0 Å². The van der Waals surface area contributed by atoms with Crippen molar-refractivity contribution in [3.05, 3.63) is 84.2 Å². The van der Waals surface area contributed by atoms with Gasteiger partial charge in [-0.15, -0.1) is 0 Å². The van der Waals surface area contributed by atoms with Crippen LogP contribution < -0.4 is 10.5 Å². The molecule has 0 spiro atoms. The quantitative estimate of drug-likeness (QED) is 0.229. The molecule has 1 aliphatic carbocycles. The summed E-state index contributed by atoms with van der Waals surface area (Å²) in [6.07, 6.45) is 5.66. The summed E-state index contributed by atoms with van der Waals surface area (Å²) in [5.74, 6) is 1.59. The molecule has 1 aliphatic rings. The fourth-order valence-corrected chi connectivity index (χ4v) is 5.26. The predicted octanol–water partition coefficient (Wildman–Crippen LogP) is 6.32. The minimum atomic E-state index is -0.259. The van der Waals surface area contributed by atoms with Gasteiger partial charge < -0.3 is 15.2 Å². The molecule has 3 aromatic carbocycles. The highest BCUT2D eigenvalue weighted by Crippen LogP contribution is 2.33. The molecule has 2 N–H and O–H groups in total. The van der Waals surface area contributed by atoms with Gasteiger partial charge in [0.05, 0.1) is 24.2 Å². The maximum atomic E-state index is 12.2. The predicted molar refractivity (Wildman–Crippen MR) is 153 cm³/mol. The third-order valence-electron chi connectivity index (χ3n) is 7.61. The maximum absolute atomic E-state index is 12.2. The van der Waals surface area contributed by atoms with Crippen LogP contribution in [0.1, 0.15) is 37.4 Å². The van der Waals surface area contributed by atoms with Crippen LogP contribution >= 0.6 is 0 Å². The normalized spacial score (nSPS) is 13.5. The highest BCUT2D eigenvalue weighted by Gasteiger charge is 2.22. The molecule has 5 aromatic rings. The summed E-state index contributed by atoms with van der Waals surface area (Å²) in [7, 11) is 0. The first-order valence-corrected chi connectivity index (χ1v) is 13.6. The largest absolute Gasteiger partial charge is 0.487 e. The minimum Gasteiger partial charge on any atom is -0.487 e. The molecular formula is C32H32N4O3. The van der Waals surface area contributed by atoms with Crippen molar-refractivity contribution >= 4 is 33.5 Å². The summed E-state index contributed by atoms with van der Waals surface area (Å²) in [5.41, 5.74) is 11.1. The van der Waals surface area contributed by atoms with E-state index in [1.807, 2.05) is 37.3 Å². The third-order valence-corrected chi connectivity index (χ3v) is 7.61. The fourth-order valence-electron chi connectivity index (χ4n) is 5.26. The van der Waals surface area contributed by atoms with Gasteiger partial charge >= 0.3 is 5.97 Å². The maximum Gasteiger partial charge on any atom is 0.310 e. The number of carbonyl (C=O) groups is 1. The van der Waals surface area contributed by atoms with Crippen molar-refractivity contribution in [1.29, 1.82) is 0 Å². The van der Waals surface area contributed by atoms with E-state index in [-0.39, 0.29) is 12.4 Å². The molecule has 1 saturated carbocycles. The fraction of sp³-hybridized carbons (Fsp3) is 0.281. The first kappa shape index (κ1) is 24.9. The standard InChI is InChI=1S/C32H32N4O3/c1-2-38-31(37)18-25-8-3-4-9-30(25)39-20-29-27-17-24(12-13-28(27)35-36(29)19-21-6-5-7-21)23-11-10-22-14-15-34-32(33)26(22)16-23/h3-4,8-17,21H,2,5-7,18-20H2,1H3,(H2,33,34). The van der Waals surface area contributed by atoms with Gasteiger partial charge in [0.15, 0.2) is 0 Å². The van der Waals surface area contributed by atoms with Crippen molar-refractivity contribution in [2.45, 2.75) is 45.8 Å². The van der Waals surface area contributed by atoms with E-state index < -0.39 is 0 Å². The molecule has 2 aromatic heterocycles. The molecule has 0 unspecified atom stereocenters. The average Bonchev–Trinajstić information content (AvgIpc) is 3.27. The van der Waals surface area contributed by atoms with E-state index in [1.54, 1.807) is 6.20 Å². The number of ether oxygens (including phenoxy) is 2. The Morgan fingerprint density at radius 3 is 2.62 bits per heavy atom. The Balaban J connectivity index is 1.35. The number of rotatable bonds is 9. The van der Waals surface area contributed by atoms with Crippen LogP contribution in [0.15, 0.2) is 72.9 Å². The van der Waals surface area contributed by atoms with E-state index in [0.717, 1.165) is 50.6 Å². The lowest BCUT2D eigenvalue weighted by Crippen LogP contribution is -2.20. The smallest absolute Gasteiger partial charge is 0.310 e. The van der Waals surface area contributed by atoms with Gasteiger partial charge in [0.25, 0.3) is 0 Å². The van der Waals surface area contributed by atoms with Gasteiger partial charge in [-0.2, -0.15) is 5.10 Å². The van der Waals surface area contributed by atoms with E-state index in [4.69, 9.17) is 20.3 Å². The van der Waals surface area contributed by atoms with Crippen molar-refractivity contribution in [2.24, 2.45) is 5.92 Å². The van der Waals surface area contributed by atoms with E-state index in [9.17, 15) is 4.79 Å². The highest BCUT2D eigenvalue weighted by molar-refractivity contribution is 5.95. The van der Waals surface area contributed by atoms with Crippen LogP contribution in [-0.2, 0) is 29.1 Å². The second-order valence-electron chi connectivity index (χ2n) is 10.2. The Morgan fingerprint density at radius 2 is 1.82 bits per heavy atom. The molecule has 39 heavy (non-hydrogen) atoms. The van der Waals surface area contributed by atoms with Gasteiger partial charge in [0, 0.05) is 29.1 Å². The number of para-hydroxylation sites is 1. The monoisotopic (exact) mass is 520 g/mol. The Morgan fingerprint density at radius 1 is 1.03 bits per heavy atom. The molecular weight excluding hydrogens is 488 g/mol. The van der Waals surface area contributed by atoms with Crippen LogP contribution in [-0.4, -0.2) is 27.3 Å². The second-order valence-corrected chi connectivity index (χ2v) is 10.2. The van der Waals surface area contributed by atoms with Gasteiger partial charge in [0.2, 0.25) is 0 Å². The van der Waals surface area contributed by atoms with Gasteiger partial charge in [0.1, 0.15) is 18.2 Å². The lowest BCUT2D eigenvalue weighted by Gasteiger charge is -2.26. The van der Waals surface area contributed by atoms with Gasteiger partial charge in [-0.05, 0) is 72.5 Å². The number of nitrogens with two attached hydrogens (primary N) is 1. The second kappa shape index (κ2) is 10.8. The van der Waals surface area contributed by atoms with Gasteiger partial charge in [-0.25, -0.2) is 4.98 Å². The van der Waals surface area contributed by atoms with E-state index in [1.165, 1.54) is 19.3 Å². The minimum absolute atomic E-state index is 0.177. The van der Waals surface area contributed by atoms with Crippen molar-refractivity contribution < 1.29 is 14.3 Å². The summed E-state index contributed by atoms with van der Waals surface area (Å²) >= 11 is 0. The molecule has 6 rings (SSSR count). The van der Waals surface area contributed by atoms with Gasteiger partial charge in [-0.1, -0.05) is 42.8 Å². The molecule has 0 amide bonds. The lowest BCUT2D eigenvalue weighted by molar-refractivity contribution is -0.142. The number of esters is 1. The molecule has 2 heterocycles. The Hall–Kier alpha value is -4.39. The Kier molecular flexibility index (Phi) is 6.88. The van der Waals surface area contributed by atoms with Crippen molar-refractivity contribution in [3.63, 3.8) is 0 Å². The summed E-state index contributed by atoms with van der Waals surface area (Å²) in [6, 6.07) is 22.3. The summed E-state index contributed by atoms with van der Waals surface area (Å²) in [4.78, 5) is 16.4. The average molecular weight is 521 g/mol. The molecule has 0 atom stereocenters. The number of aromatic nitrogens is 3. The first-order valence-electron chi connectivity index (χ1n) is 13.6. The number of carbonyl (C=O) groups excluding carboxylic acids is 1. The molecule has 198 valence electrons. The number of fused-ring (bicyclic) bond motifs is 2. The van der Waals surface area contributed by atoms with Crippen LogP contribution in [0.25, 0.3) is 32.8 Å². The van der Waals surface area contributed by atoms with Crippen LogP contribution in [0.3, 0.4) is 0 Å². The molecule has 0 radical (unpaired) electrons. The lowest BCUT2D eigenvalue weighted by atomic mass is 9.85. The summed E-state index contributed by atoms with van der Waals surface area (Å²) in [5, 5.41) is 8.05. The zero-order valence-corrected chi connectivity index (χ0v) is 22.1. The zero-order chi connectivity index (χ0) is 26.8. The van der Waals surface area contributed by atoms with Gasteiger partial charge in [-0.3, -0.25) is 9.48 Å². The number of hydrogen-bond donors (Lipinski definition) is 1. The molecule has 0 bridgehead atoms. The Labute approximate surface area is 227 Å². The zero-order valence-electron chi connectivity index (χ0n) is 22.1. The van der Waals surface area contributed by atoms with Crippen molar-refractivity contribution in [3.8, 4) is 16.9 Å². The molecule has 0 saturated heterocycles. The van der Waals surface area contributed by atoms with Crippen LogP contribution in [0, 0.1) is 5.92 Å².